The van der Waals surface area contributed by atoms with Gasteiger partial charge < -0.3 is 15.2 Å². The van der Waals surface area contributed by atoms with Crippen molar-refractivity contribution in [2.24, 2.45) is 11.7 Å². The van der Waals surface area contributed by atoms with E-state index in [1.54, 1.807) is 0 Å². The first-order valence-corrected chi connectivity index (χ1v) is 6.46. The minimum atomic E-state index is 0.0744. The smallest absolute Gasteiger partial charge is 0.228 e. The van der Waals surface area contributed by atoms with E-state index in [9.17, 15) is 0 Å². The molecule has 1 saturated heterocycles. The summed E-state index contributed by atoms with van der Waals surface area (Å²) in [6, 6.07) is 0.0744. The second-order valence-corrected chi connectivity index (χ2v) is 5.04. The second-order valence-electron chi connectivity index (χ2n) is 5.04. The van der Waals surface area contributed by atoms with E-state index in [1.165, 1.54) is 13.0 Å². The van der Waals surface area contributed by atoms with Crippen LogP contribution in [0.15, 0.2) is 4.52 Å². The van der Waals surface area contributed by atoms with Crippen LogP contribution in [-0.4, -0.2) is 40.7 Å². The highest BCUT2D eigenvalue weighted by molar-refractivity contribution is 4.92. The molecular weight excluding hydrogens is 216 g/mol. The molecule has 1 aromatic rings. The van der Waals surface area contributed by atoms with Crippen LogP contribution in [0.2, 0.25) is 0 Å². The Kier molecular flexibility index (Phi) is 4.12. The van der Waals surface area contributed by atoms with Gasteiger partial charge in [0.05, 0.1) is 0 Å². The van der Waals surface area contributed by atoms with E-state index >= 15 is 0 Å². The van der Waals surface area contributed by atoms with Crippen molar-refractivity contribution in [3.8, 4) is 0 Å². The summed E-state index contributed by atoms with van der Waals surface area (Å²) in [5, 5.41) is 4.02. The quantitative estimate of drug-likeness (QED) is 0.823. The SMILES string of the molecule is CCN1CCC(Cc2noc(CC(C)N)n2)C1. The fourth-order valence-electron chi connectivity index (χ4n) is 2.36. The largest absolute Gasteiger partial charge is 0.339 e. The summed E-state index contributed by atoms with van der Waals surface area (Å²) in [4.78, 5) is 6.85. The van der Waals surface area contributed by atoms with Gasteiger partial charge in [-0.2, -0.15) is 4.98 Å². The van der Waals surface area contributed by atoms with Crippen LogP contribution in [-0.2, 0) is 12.8 Å². The highest BCUT2D eigenvalue weighted by Gasteiger charge is 2.23. The molecule has 0 spiro atoms. The Labute approximate surface area is 102 Å². The standard InChI is InChI=1S/C12H22N4O/c1-3-16-5-4-10(8-16)7-11-14-12(17-15-11)6-9(2)13/h9-10H,3-8,13H2,1-2H3. The van der Waals surface area contributed by atoms with Gasteiger partial charge in [0.25, 0.3) is 0 Å². The molecule has 5 heteroatoms. The molecule has 1 aliphatic heterocycles. The third-order valence-electron chi connectivity index (χ3n) is 3.30. The van der Waals surface area contributed by atoms with E-state index in [0.29, 0.717) is 18.2 Å². The number of nitrogens with zero attached hydrogens (tertiary/aromatic N) is 3. The lowest BCUT2D eigenvalue weighted by Crippen LogP contribution is -2.20. The van der Waals surface area contributed by atoms with Gasteiger partial charge >= 0.3 is 0 Å². The predicted molar refractivity (Wildman–Crippen MR) is 65.6 cm³/mol. The minimum absolute atomic E-state index is 0.0744. The zero-order valence-corrected chi connectivity index (χ0v) is 10.7. The van der Waals surface area contributed by atoms with Crippen LogP contribution in [0.3, 0.4) is 0 Å². The van der Waals surface area contributed by atoms with Crippen molar-refractivity contribution in [1.82, 2.24) is 15.0 Å². The van der Waals surface area contributed by atoms with Gasteiger partial charge in [-0.25, -0.2) is 0 Å². The van der Waals surface area contributed by atoms with E-state index in [-0.39, 0.29) is 6.04 Å². The van der Waals surface area contributed by atoms with Gasteiger partial charge in [0.1, 0.15) is 0 Å². The van der Waals surface area contributed by atoms with Crippen molar-refractivity contribution < 1.29 is 4.52 Å². The van der Waals surface area contributed by atoms with E-state index in [2.05, 4.69) is 22.0 Å². The van der Waals surface area contributed by atoms with Crippen LogP contribution >= 0.6 is 0 Å². The average molecular weight is 238 g/mol. The maximum atomic E-state index is 5.70. The van der Waals surface area contributed by atoms with Crippen LogP contribution in [0, 0.1) is 5.92 Å². The summed E-state index contributed by atoms with van der Waals surface area (Å²) in [7, 11) is 0. The Hall–Kier alpha value is -0.940. The van der Waals surface area contributed by atoms with Crippen LogP contribution < -0.4 is 5.73 Å². The highest BCUT2D eigenvalue weighted by Crippen LogP contribution is 2.19. The summed E-state index contributed by atoms with van der Waals surface area (Å²) in [6.45, 7) is 7.65. The topological polar surface area (TPSA) is 68.2 Å². The first kappa shape index (κ1) is 12.5. The molecule has 1 fully saturated rings. The molecule has 0 amide bonds. The molecule has 2 heterocycles. The van der Waals surface area contributed by atoms with Crippen molar-refractivity contribution in [3.05, 3.63) is 11.7 Å². The molecular formula is C12H22N4O. The summed E-state index contributed by atoms with van der Waals surface area (Å²) < 4.78 is 5.18. The van der Waals surface area contributed by atoms with Gasteiger partial charge in [-0.1, -0.05) is 12.1 Å². The molecule has 1 aromatic heterocycles. The molecule has 2 rings (SSSR count). The molecule has 0 bridgehead atoms. The first-order chi connectivity index (χ1) is 8.17. The molecule has 0 radical (unpaired) electrons. The monoisotopic (exact) mass is 238 g/mol. The molecule has 5 nitrogen and oxygen atoms in total. The van der Waals surface area contributed by atoms with Gasteiger partial charge in [0, 0.05) is 25.4 Å². The Morgan fingerprint density at radius 1 is 1.59 bits per heavy atom. The molecule has 2 atom stereocenters. The predicted octanol–water partition coefficient (Wildman–Crippen LogP) is 0.844. The van der Waals surface area contributed by atoms with Gasteiger partial charge in [-0.15, -0.1) is 0 Å². The number of hydrogen-bond donors (Lipinski definition) is 1. The lowest BCUT2D eigenvalue weighted by molar-refractivity contribution is 0.337. The van der Waals surface area contributed by atoms with Crippen molar-refractivity contribution in [1.29, 1.82) is 0 Å². The Morgan fingerprint density at radius 2 is 2.41 bits per heavy atom. The van der Waals surface area contributed by atoms with Gasteiger partial charge in [0.2, 0.25) is 5.89 Å². The zero-order valence-electron chi connectivity index (χ0n) is 10.7. The number of rotatable bonds is 5. The third-order valence-corrected chi connectivity index (χ3v) is 3.30. The second kappa shape index (κ2) is 5.60. The van der Waals surface area contributed by atoms with Crippen LogP contribution in [0.4, 0.5) is 0 Å². The molecule has 1 aliphatic rings. The lowest BCUT2D eigenvalue weighted by atomic mass is 10.1. The Morgan fingerprint density at radius 3 is 3.06 bits per heavy atom. The molecule has 2 N–H and O–H groups in total. The molecule has 0 aliphatic carbocycles. The maximum Gasteiger partial charge on any atom is 0.228 e. The van der Waals surface area contributed by atoms with Gasteiger partial charge in [-0.05, 0) is 32.4 Å². The lowest BCUT2D eigenvalue weighted by Gasteiger charge is -2.11. The minimum Gasteiger partial charge on any atom is -0.339 e. The molecule has 96 valence electrons. The fraction of sp³-hybridized carbons (Fsp3) is 0.833. The number of likely N-dealkylation sites (tertiary alicyclic amines) is 1. The van der Waals surface area contributed by atoms with Crippen LogP contribution in [0.5, 0.6) is 0 Å². The summed E-state index contributed by atoms with van der Waals surface area (Å²) >= 11 is 0. The van der Waals surface area contributed by atoms with E-state index in [1.807, 2.05) is 6.92 Å². The molecule has 17 heavy (non-hydrogen) atoms. The molecule has 0 saturated carbocycles. The Balaban J connectivity index is 1.85. The number of hydrogen-bond acceptors (Lipinski definition) is 5. The third kappa shape index (κ3) is 3.51. The van der Waals surface area contributed by atoms with Crippen LogP contribution in [0.25, 0.3) is 0 Å². The van der Waals surface area contributed by atoms with Gasteiger partial charge in [0.15, 0.2) is 5.82 Å². The van der Waals surface area contributed by atoms with Crippen LogP contribution in [0.1, 0.15) is 32.0 Å². The van der Waals surface area contributed by atoms with Crippen molar-refractivity contribution in [2.45, 2.75) is 39.2 Å². The first-order valence-electron chi connectivity index (χ1n) is 6.46. The summed E-state index contributed by atoms with van der Waals surface area (Å²) in [5.41, 5.74) is 5.70. The summed E-state index contributed by atoms with van der Waals surface area (Å²) in [6.07, 6.45) is 2.84. The Bertz CT molecular complexity index is 350. The number of aromatic nitrogens is 2. The maximum absolute atomic E-state index is 5.70. The average Bonchev–Trinajstić information content (AvgIpc) is 2.88. The van der Waals surface area contributed by atoms with Crippen molar-refractivity contribution in [3.63, 3.8) is 0 Å². The van der Waals surface area contributed by atoms with Crippen molar-refractivity contribution >= 4 is 0 Å². The molecule has 2 unspecified atom stereocenters. The van der Waals surface area contributed by atoms with Crippen molar-refractivity contribution in [2.75, 3.05) is 19.6 Å². The van der Waals surface area contributed by atoms with E-state index in [0.717, 1.165) is 25.3 Å². The van der Waals surface area contributed by atoms with E-state index in [4.69, 9.17) is 10.3 Å². The highest BCUT2D eigenvalue weighted by atomic mass is 16.5. The summed E-state index contributed by atoms with van der Waals surface area (Å²) in [5.74, 6) is 2.18. The zero-order chi connectivity index (χ0) is 12.3. The normalized spacial score (nSPS) is 23.1. The van der Waals surface area contributed by atoms with Gasteiger partial charge in [-0.3, -0.25) is 0 Å². The van der Waals surface area contributed by atoms with E-state index < -0.39 is 0 Å². The fourth-order valence-corrected chi connectivity index (χ4v) is 2.36. The molecule has 0 aromatic carbocycles. The number of nitrogens with two attached hydrogens (primary N) is 1.